The first kappa shape index (κ1) is 36.4. The number of alkyl halides is 1. The SMILES string of the molecule is Cc1cc(OC(=O)Nc2ccn([C@@H]3B4CC(C)[C@H](O)C43F)c(=O)n2)cc2c1O[C@](C)(CCCC(C)CCCC(C)CCCC(C)C)CC2. The summed E-state index contributed by atoms with van der Waals surface area (Å²) in [5, 5.41) is 12.8. The van der Waals surface area contributed by atoms with Crippen LogP contribution in [0.2, 0.25) is 6.32 Å². The zero-order chi connectivity index (χ0) is 34.8. The topological polar surface area (TPSA) is 103 Å². The van der Waals surface area contributed by atoms with E-state index in [1.165, 1.54) is 61.8 Å². The van der Waals surface area contributed by atoms with Gasteiger partial charge in [-0.15, -0.1) is 0 Å². The molecule has 4 heterocycles. The molecule has 1 aromatic heterocycles. The number of nitrogens with one attached hydrogen (secondary N) is 1. The number of hydrogen-bond acceptors (Lipinski definition) is 6. The number of aliphatic hydroxyl groups excluding tert-OH is 1. The van der Waals surface area contributed by atoms with E-state index < -0.39 is 36.1 Å². The number of carbonyl (C=O) groups excluding carboxylic acids is 1. The van der Waals surface area contributed by atoms with Crippen LogP contribution in [0.4, 0.5) is 15.0 Å². The lowest BCUT2D eigenvalue weighted by Gasteiger charge is -2.37. The van der Waals surface area contributed by atoms with Crippen molar-refractivity contribution in [1.82, 2.24) is 9.55 Å². The molecule has 10 heteroatoms. The number of halogens is 1. The number of hydrogen-bond donors (Lipinski definition) is 2. The number of fused-ring (bicyclic) bond motifs is 2. The highest BCUT2D eigenvalue weighted by molar-refractivity contribution is 6.76. The number of rotatable bonds is 15. The maximum Gasteiger partial charge on any atom is 0.418 e. The Hall–Kier alpha value is -2.88. The molecule has 2 aromatic rings. The molecule has 1 aromatic carbocycles. The molecule has 3 aliphatic heterocycles. The van der Waals surface area contributed by atoms with Crippen molar-refractivity contribution < 1.29 is 23.8 Å². The highest BCUT2D eigenvalue weighted by atomic mass is 19.1. The molecule has 1 amide bonds. The lowest BCUT2D eigenvalue weighted by Crippen LogP contribution is -2.36. The Morgan fingerprint density at radius 1 is 1.15 bits per heavy atom. The monoisotopic (exact) mass is 665 g/mol. The van der Waals surface area contributed by atoms with E-state index >= 15 is 4.39 Å². The summed E-state index contributed by atoms with van der Waals surface area (Å²) in [7, 11) is 0. The van der Waals surface area contributed by atoms with Gasteiger partial charge in [0, 0.05) is 12.1 Å². The number of carbonyl (C=O) groups is 1. The van der Waals surface area contributed by atoms with Crippen LogP contribution in [0.3, 0.4) is 0 Å². The predicted octanol–water partition coefficient (Wildman–Crippen LogP) is 8.53. The van der Waals surface area contributed by atoms with Crippen molar-refractivity contribution in [3.05, 3.63) is 46.0 Å². The third-order valence-corrected chi connectivity index (χ3v) is 11.4. The van der Waals surface area contributed by atoms with E-state index in [0.29, 0.717) is 12.1 Å². The van der Waals surface area contributed by atoms with Crippen molar-refractivity contribution in [1.29, 1.82) is 0 Å². The molecule has 0 saturated carbocycles. The van der Waals surface area contributed by atoms with Crippen LogP contribution in [0.5, 0.6) is 11.5 Å². The van der Waals surface area contributed by atoms with Gasteiger partial charge in [-0.05, 0) is 92.5 Å². The maximum absolute atomic E-state index is 15.3. The van der Waals surface area contributed by atoms with Crippen molar-refractivity contribution >= 4 is 18.6 Å². The quantitative estimate of drug-likeness (QED) is 0.185. The van der Waals surface area contributed by atoms with Crippen molar-refractivity contribution in [3.8, 4) is 11.5 Å². The molecule has 0 aliphatic carbocycles. The number of benzene rings is 1. The number of amides is 1. The maximum atomic E-state index is 15.3. The summed E-state index contributed by atoms with van der Waals surface area (Å²) in [6.07, 6.45) is 13.2. The summed E-state index contributed by atoms with van der Waals surface area (Å²) in [4.78, 5) is 29.3. The fraction of sp³-hybridized carbons (Fsp3) is 0.711. The summed E-state index contributed by atoms with van der Waals surface area (Å²) in [5.41, 5.74) is -0.775. The van der Waals surface area contributed by atoms with Crippen molar-refractivity contribution in [2.24, 2.45) is 23.7 Å². The third-order valence-electron chi connectivity index (χ3n) is 11.4. The molecule has 2 fully saturated rings. The van der Waals surface area contributed by atoms with Crippen LogP contribution in [0.15, 0.2) is 29.2 Å². The summed E-state index contributed by atoms with van der Waals surface area (Å²) < 4.78 is 28.6. The van der Waals surface area contributed by atoms with Crippen LogP contribution < -0.4 is 20.5 Å². The Kier molecular flexibility index (Phi) is 11.3. The van der Waals surface area contributed by atoms with E-state index in [1.54, 1.807) is 6.07 Å². The zero-order valence-corrected chi connectivity index (χ0v) is 30.2. The minimum atomic E-state index is -1.80. The van der Waals surface area contributed by atoms with Gasteiger partial charge in [0.25, 0.3) is 0 Å². The van der Waals surface area contributed by atoms with Gasteiger partial charge in [0.1, 0.15) is 28.5 Å². The molecule has 48 heavy (non-hydrogen) atoms. The summed E-state index contributed by atoms with van der Waals surface area (Å²) in [6, 6.07) is 5.08. The van der Waals surface area contributed by atoms with Crippen molar-refractivity contribution in [3.63, 3.8) is 0 Å². The predicted molar refractivity (Wildman–Crippen MR) is 190 cm³/mol. The minimum Gasteiger partial charge on any atom is -0.487 e. The van der Waals surface area contributed by atoms with E-state index in [1.807, 2.05) is 19.9 Å². The molecule has 4 unspecified atom stereocenters. The van der Waals surface area contributed by atoms with Gasteiger partial charge in [0.15, 0.2) is 0 Å². The molecule has 0 bridgehead atoms. The molecular weight excluding hydrogens is 608 g/mol. The molecular formula is C38H57BFN3O5. The normalized spacial score (nSPS) is 27.2. The van der Waals surface area contributed by atoms with E-state index in [-0.39, 0.29) is 17.3 Å². The lowest BCUT2D eigenvalue weighted by atomic mass is 9.64. The molecule has 264 valence electrons. The van der Waals surface area contributed by atoms with Gasteiger partial charge in [-0.2, -0.15) is 4.98 Å². The minimum absolute atomic E-state index is 0.0173. The van der Waals surface area contributed by atoms with Crippen LogP contribution in [0, 0.1) is 30.6 Å². The van der Waals surface area contributed by atoms with E-state index in [0.717, 1.165) is 60.3 Å². The van der Waals surface area contributed by atoms with Gasteiger partial charge in [-0.3, -0.25) is 5.32 Å². The molecule has 0 spiro atoms. The molecule has 5 rings (SSSR count). The van der Waals surface area contributed by atoms with Gasteiger partial charge < -0.3 is 19.1 Å². The average Bonchev–Trinajstić information content (AvgIpc) is 3.51. The Labute approximate surface area is 286 Å². The van der Waals surface area contributed by atoms with E-state index in [4.69, 9.17) is 9.47 Å². The number of aliphatic hydroxyl groups is 1. The highest BCUT2D eigenvalue weighted by Crippen LogP contribution is 2.61. The Morgan fingerprint density at radius 2 is 1.81 bits per heavy atom. The first-order chi connectivity index (χ1) is 22.7. The molecule has 7 atom stereocenters. The fourth-order valence-corrected chi connectivity index (χ4v) is 8.31. The molecule has 3 aliphatic rings. The second-order valence-electron chi connectivity index (χ2n) is 16.2. The number of aromatic nitrogens is 2. The van der Waals surface area contributed by atoms with E-state index in [2.05, 4.69) is 44.9 Å². The average molecular weight is 666 g/mol. The second kappa shape index (κ2) is 14.9. The lowest BCUT2D eigenvalue weighted by molar-refractivity contribution is 0.0371. The van der Waals surface area contributed by atoms with Gasteiger partial charge in [-0.1, -0.05) is 85.9 Å². The third kappa shape index (κ3) is 8.28. The Bertz CT molecular complexity index is 1500. The Balaban J connectivity index is 1.06. The first-order valence-electron chi connectivity index (χ1n) is 18.5. The van der Waals surface area contributed by atoms with Crippen LogP contribution in [-0.2, 0) is 6.42 Å². The number of anilines is 1. The van der Waals surface area contributed by atoms with Gasteiger partial charge in [-0.25, -0.2) is 14.0 Å². The van der Waals surface area contributed by atoms with Crippen LogP contribution >= 0.6 is 0 Å². The summed E-state index contributed by atoms with van der Waals surface area (Å²) >= 11 is 0. The summed E-state index contributed by atoms with van der Waals surface area (Å²) in [5.74, 6) is 2.77. The van der Waals surface area contributed by atoms with Gasteiger partial charge in [0.2, 0.25) is 6.71 Å². The molecule has 2 N–H and O–H groups in total. The van der Waals surface area contributed by atoms with Gasteiger partial charge in [0.05, 0.1) is 6.10 Å². The highest BCUT2D eigenvalue weighted by Gasteiger charge is 2.78. The zero-order valence-electron chi connectivity index (χ0n) is 30.2. The number of aryl methyl sites for hydroxylation is 2. The van der Waals surface area contributed by atoms with E-state index in [9.17, 15) is 14.7 Å². The van der Waals surface area contributed by atoms with Crippen molar-refractivity contribution in [2.45, 2.75) is 149 Å². The van der Waals surface area contributed by atoms with Crippen LogP contribution in [-0.4, -0.2) is 44.7 Å². The fourth-order valence-electron chi connectivity index (χ4n) is 8.31. The molecule has 0 radical (unpaired) electrons. The number of ether oxygens (including phenoxy) is 2. The standard InChI is InChI=1S/C38H57BFN3O5/c1-24(2)11-8-12-25(3)13-9-14-26(4)15-10-18-37(7)19-16-29-22-30(21-27(5)32(29)48-37)47-36(46)42-31-17-20-43(35(45)41-31)34-38(40)33(44)28(6)23-39(34)38/h17,20-22,24-26,28,33-34,44H,8-16,18-19,23H2,1-7H3,(H,41,42,45,46)/t25?,26?,28?,33-,34-,37+,38?/m0/s1. The largest absolute Gasteiger partial charge is 0.487 e. The summed E-state index contributed by atoms with van der Waals surface area (Å²) in [6.45, 7) is 15.0. The van der Waals surface area contributed by atoms with Gasteiger partial charge >= 0.3 is 11.8 Å². The second-order valence-corrected chi connectivity index (χ2v) is 16.2. The molecule has 2 saturated heterocycles. The van der Waals surface area contributed by atoms with Crippen molar-refractivity contribution in [2.75, 3.05) is 5.32 Å². The number of nitrogens with zero attached hydrogens (tertiary/aromatic N) is 2. The molecule has 8 nitrogen and oxygen atoms in total. The van der Waals surface area contributed by atoms with Crippen LogP contribution in [0.25, 0.3) is 0 Å². The Morgan fingerprint density at radius 3 is 2.44 bits per heavy atom. The smallest absolute Gasteiger partial charge is 0.418 e. The first-order valence-corrected chi connectivity index (χ1v) is 18.5. The van der Waals surface area contributed by atoms with Crippen LogP contribution in [0.1, 0.15) is 123 Å².